The van der Waals surface area contributed by atoms with E-state index >= 15 is 0 Å². The van der Waals surface area contributed by atoms with Gasteiger partial charge in [-0.25, -0.2) is 4.98 Å². The number of rotatable bonds is 5. The van der Waals surface area contributed by atoms with Crippen LogP contribution in [0.15, 0.2) is 35.1 Å². The zero-order chi connectivity index (χ0) is 18.6. The van der Waals surface area contributed by atoms with Crippen molar-refractivity contribution in [2.24, 2.45) is 0 Å². The number of likely N-dealkylation sites (tertiary alicyclic amines) is 1. The van der Waals surface area contributed by atoms with Crippen LogP contribution in [-0.2, 0) is 11.2 Å². The van der Waals surface area contributed by atoms with Crippen molar-refractivity contribution in [1.29, 1.82) is 0 Å². The van der Waals surface area contributed by atoms with Gasteiger partial charge in [-0.05, 0) is 37.1 Å². The van der Waals surface area contributed by atoms with Crippen molar-refractivity contribution in [3.8, 4) is 11.4 Å². The second-order valence-corrected chi connectivity index (χ2v) is 6.98. The number of aromatic amines is 1. The molecule has 1 aliphatic rings. The summed E-state index contributed by atoms with van der Waals surface area (Å²) in [5, 5.41) is 11.4. The number of amides is 1. The number of benzene rings is 1. The van der Waals surface area contributed by atoms with Crippen LogP contribution in [0.2, 0.25) is 5.02 Å². The molecule has 9 heteroatoms. The molecule has 0 spiro atoms. The van der Waals surface area contributed by atoms with Gasteiger partial charge >= 0.3 is 0 Å². The van der Waals surface area contributed by atoms with Crippen LogP contribution in [0, 0.1) is 0 Å². The number of piperidine rings is 1. The van der Waals surface area contributed by atoms with E-state index in [0.717, 1.165) is 37.3 Å². The SMILES string of the molecule is O=C(CCc1nc(-c2ccc(Cl)cc2)no1)N1CCC(c2ncn[nH]2)CC1. The number of nitrogens with one attached hydrogen (secondary N) is 1. The maximum absolute atomic E-state index is 12.5. The van der Waals surface area contributed by atoms with Gasteiger partial charge in [0.1, 0.15) is 12.2 Å². The largest absolute Gasteiger partial charge is 0.343 e. The molecular formula is C18H19ClN6O2. The van der Waals surface area contributed by atoms with E-state index in [9.17, 15) is 4.79 Å². The van der Waals surface area contributed by atoms with Crippen molar-refractivity contribution in [2.45, 2.75) is 31.6 Å². The highest BCUT2D eigenvalue weighted by atomic mass is 35.5. The lowest BCUT2D eigenvalue weighted by Crippen LogP contribution is -2.38. The van der Waals surface area contributed by atoms with E-state index in [1.54, 1.807) is 12.1 Å². The second-order valence-electron chi connectivity index (χ2n) is 6.54. The molecule has 2 aromatic heterocycles. The van der Waals surface area contributed by atoms with Crippen LogP contribution in [0.4, 0.5) is 0 Å². The molecule has 3 aromatic rings. The molecule has 0 radical (unpaired) electrons. The summed E-state index contributed by atoms with van der Waals surface area (Å²) in [5.74, 6) is 2.32. The standard InChI is InChI=1S/C18H19ClN6O2/c19-14-3-1-12(2-4-14)18-22-15(27-24-18)5-6-16(26)25-9-7-13(8-10-25)17-20-11-21-23-17/h1-4,11,13H,5-10H2,(H,20,21,23). The average Bonchev–Trinajstić information content (AvgIpc) is 3.39. The predicted octanol–water partition coefficient (Wildman–Crippen LogP) is 2.85. The lowest BCUT2D eigenvalue weighted by atomic mass is 9.96. The third kappa shape index (κ3) is 4.16. The van der Waals surface area contributed by atoms with Crippen LogP contribution in [0.3, 0.4) is 0 Å². The van der Waals surface area contributed by atoms with E-state index < -0.39 is 0 Å². The van der Waals surface area contributed by atoms with Gasteiger partial charge in [0.15, 0.2) is 0 Å². The number of carbonyl (C=O) groups excluding carboxylic acids is 1. The zero-order valence-electron chi connectivity index (χ0n) is 14.6. The Labute approximate surface area is 160 Å². The Balaban J connectivity index is 1.28. The minimum atomic E-state index is 0.109. The Bertz CT molecular complexity index is 885. The van der Waals surface area contributed by atoms with E-state index in [-0.39, 0.29) is 5.91 Å². The molecule has 1 N–H and O–H groups in total. The zero-order valence-corrected chi connectivity index (χ0v) is 15.4. The molecule has 140 valence electrons. The number of hydrogen-bond acceptors (Lipinski definition) is 6. The topological polar surface area (TPSA) is 101 Å². The van der Waals surface area contributed by atoms with E-state index in [1.807, 2.05) is 17.0 Å². The molecule has 8 nitrogen and oxygen atoms in total. The lowest BCUT2D eigenvalue weighted by Gasteiger charge is -2.31. The number of carbonyl (C=O) groups is 1. The van der Waals surface area contributed by atoms with Gasteiger partial charge < -0.3 is 9.42 Å². The van der Waals surface area contributed by atoms with Crippen LogP contribution in [0.25, 0.3) is 11.4 Å². The summed E-state index contributed by atoms with van der Waals surface area (Å²) >= 11 is 5.89. The predicted molar refractivity (Wildman–Crippen MR) is 98.0 cm³/mol. The molecule has 4 rings (SSSR count). The molecule has 1 aliphatic heterocycles. The number of aromatic nitrogens is 5. The molecule has 1 fully saturated rings. The van der Waals surface area contributed by atoms with Crippen LogP contribution in [0.5, 0.6) is 0 Å². The van der Waals surface area contributed by atoms with Crippen LogP contribution in [0.1, 0.15) is 36.9 Å². The van der Waals surface area contributed by atoms with Crippen molar-refractivity contribution in [3.63, 3.8) is 0 Å². The first kappa shape index (κ1) is 17.7. The van der Waals surface area contributed by atoms with Gasteiger partial charge in [0, 0.05) is 42.4 Å². The number of nitrogens with zero attached hydrogens (tertiary/aromatic N) is 5. The number of hydrogen-bond donors (Lipinski definition) is 1. The molecule has 1 aromatic carbocycles. The third-order valence-electron chi connectivity index (χ3n) is 4.79. The fraction of sp³-hybridized carbons (Fsp3) is 0.389. The van der Waals surface area contributed by atoms with Gasteiger partial charge in [-0.3, -0.25) is 9.89 Å². The van der Waals surface area contributed by atoms with Gasteiger partial charge in [-0.15, -0.1) is 0 Å². The van der Waals surface area contributed by atoms with Crippen molar-refractivity contribution < 1.29 is 9.32 Å². The minimum Gasteiger partial charge on any atom is -0.343 e. The Morgan fingerprint density at radius 1 is 1.26 bits per heavy atom. The average molecular weight is 387 g/mol. The molecule has 0 unspecified atom stereocenters. The molecule has 1 saturated heterocycles. The molecular weight excluding hydrogens is 368 g/mol. The van der Waals surface area contributed by atoms with Crippen LogP contribution < -0.4 is 0 Å². The highest BCUT2D eigenvalue weighted by molar-refractivity contribution is 6.30. The summed E-state index contributed by atoms with van der Waals surface area (Å²) < 4.78 is 5.27. The lowest BCUT2D eigenvalue weighted by molar-refractivity contribution is -0.132. The fourth-order valence-corrected chi connectivity index (χ4v) is 3.38. The molecule has 1 amide bonds. The summed E-state index contributed by atoms with van der Waals surface area (Å²) in [6.45, 7) is 1.45. The van der Waals surface area contributed by atoms with E-state index in [1.165, 1.54) is 6.33 Å². The summed E-state index contributed by atoms with van der Waals surface area (Å²) in [5.41, 5.74) is 0.829. The van der Waals surface area contributed by atoms with Gasteiger partial charge in [0.05, 0.1) is 0 Å². The number of aryl methyl sites for hydroxylation is 1. The van der Waals surface area contributed by atoms with Crippen molar-refractivity contribution in [2.75, 3.05) is 13.1 Å². The summed E-state index contributed by atoms with van der Waals surface area (Å²) in [4.78, 5) is 22.9. The molecule has 27 heavy (non-hydrogen) atoms. The summed E-state index contributed by atoms with van der Waals surface area (Å²) in [6.07, 6.45) is 4.09. The third-order valence-corrected chi connectivity index (χ3v) is 5.04. The Hall–Kier alpha value is -2.74. The van der Waals surface area contributed by atoms with E-state index in [0.29, 0.717) is 35.5 Å². The van der Waals surface area contributed by atoms with Crippen LogP contribution >= 0.6 is 11.6 Å². The van der Waals surface area contributed by atoms with Crippen molar-refractivity contribution >= 4 is 17.5 Å². The van der Waals surface area contributed by atoms with Gasteiger partial charge in [-0.1, -0.05) is 16.8 Å². The van der Waals surface area contributed by atoms with Crippen molar-refractivity contribution in [1.82, 2.24) is 30.2 Å². The maximum Gasteiger partial charge on any atom is 0.227 e. The number of halogens is 1. The molecule has 0 bridgehead atoms. The Morgan fingerprint density at radius 3 is 2.74 bits per heavy atom. The van der Waals surface area contributed by atoms with Gasteiger partial charge in [0.25, 0.3) is 0 Å². The molecule has 0 aliphatic carbocycles. The number of H-pyrrole nitrogens is 1. The second kappa shape index (κ2) is 7.87. The maximum atomic E-state index is 12.5. The first-order valence-corrected chi connectivity index (χ1v) is 9.28. The molecule has 0 saturated carbocycles. The Kier molecular flexibility index (Phi) is 5.15. The minimum absolute atomic E-state index is 0.109. The fourth-order valence-electron chi connectivity index (χ4n) is 3.26. The summed E-state index contributed by atoms with van der Waals surface area (Å²) in [6, 6.07) is 7.22. The summed E-state index contributed by atoms with van der Waals surface area (Å²) in [7, 11) is 0. The first-order chi connectivity index (χ1) is 13.2. The van der Waals surface area contributed by atoms with Crippen molar-refractivity contribution in [3.05, 3.63) is 47.3 Å². The quantitative estimate of drug-likeness (QED) is 0.723. The monoisotopic (exact) mass is 386 g/mol. The van der Waals surface area contributed by atoms with Gasteiger partial charge in [0.2, 0.25) is 17.6 Å². The van der Waals surface area contributed by atoms with Gasteiger partial charge in [-0.2, -0.15) is 10.1 Å². The normalized spacial score (nSPS) is 15.2. The first-order valence-electron chi connectivity index (χ1n) is 8.90. The molecule has 0 atom stereocenters. The highest BCUT2D eigenvalue weighted by Crippen LogP contribution is 2.25. The van der Waals surface area contributed by atoms with E-state index in [2.05, 4.69) is 25.3 Å². The van der Waals surface area contributed by atoms with Crippen LogP contribution in [-0.4, -0.2) is 49.2 Å². The van der Waals surface area contributed by atoms with E-state index in [4.69, 9.17) is 16.1 Å². The molecule has 3 heterocycles. The highest BCUT2D eigenvalue weighted by Gasteiger charge is 2.25. The Morgan fingerprint density at radius 2 is 2.04 bits per heavy atom. The smallest absolute Gasteiger partial charge is 0.227 e.